The van der Waals surface area contributed by atoms with Crippen LogP contribution in [-0.2, 0) is 0 Å². The molecule has 0 radical (unpaired) electrons. The highest BCUT2D eigenvalue weighted by molar-refractivity contribution is 6.17. The molecule has 3 nitrogen and oxygen atoms in total. The van der Waals surface area contributed by atoms with Gasteiger partial charge in [0.2, 0.25) is 0 Å². The lowest BCUT2D eigenvalue weighted by atomic mass is 10.1. The van der Waals surface area contributed by atoms with Gasteiger partial charge in [0.25, 0.3) is 0 Å². The minimum absolute atomic E-state index is 0.792. The molecule has 0 saturated heterocycles. The van der Waals surface area contributed by atoms with Gasteiger partial charge in [0, 0.05) is 49.3 Å². The quantitative estimate of drug-likeness (QED) is 0.350. The molecule has 0 amide bonds. The summed E-state index contributed by atoms with van der Waals surface area (Å²) in [5, 5.41) is 4.91. The molecular formula is C19H15N3. The molecule has 5 rings (SSSR count). The number of rotatable bonds is 0. The first-order valence-corrected chi connectivity index (χ1v) is 7.42. The molecule has 0 aliphatic rings. The largest absolute Gasteiger partial charge is 0.399 e. The van der Waals surface area contributed by atoms with Crippen molar-refractivity contribution in [1.82, 2.24) is 9.97 Å². The van der Waals surface area contributed by atoms with Crippen LogP contribution in [0.4, 0.5) is 5.69 Å². The van der Waals surface area contributed by atoms with Crippen molar-refractivity contribution in [3.05, 3.63) is 54.1 Å². The summed E-state index contributed by atoms with van der Waals surface area (Å²) in [6.45, 7) is 2.13. The third kappa shape index (κ3) is 1.45. The van der Waals surface area contributed by atoms with Crippen LogP contribution < -0.4 is 5.73 Å². The van der Waals surface area contributed by atoms with E-state index in [-0.39, 0.29) is 0 Å². The Morgan fingerprint density at radius 3 is 1.86 bits per heavy atom. The second-order valence-corrected chi connectivity index (χ2v) is 6.05. The predicted octanol–water partition coefficient (Wildman–Crippen LogP) is 4.85. The minimum Gasteiger partial charge on any atom is -0.399 e. The van der Waals surface area contributed by atoms with Gasteiger partial charge in [-0.3, -0.25) is 0 Å². The maximum Gasteiger partial charge on any atom is 0.0472 e. The lowest BCUT2D eigenvalue weighted by molar-refractivity contribution is 1.49. The average Bonchev–Trinajstić information content (AvgIpc) is 3.02. The van der Waals surface area contributed by atoms with E-state index in [2.05, 4.69) is 47.2 Å². The predicted molar refractivity (Wildman–Crippen MR) is 94.3 cm³/mol. The number of benzene rings is 3. The summed E-state index contributed by atoms with van der Waals surface area (Å²) in [6, 6.07) is 17.0. The molecule has 0 saturated carbocycles. The summed E-state index contributed by atoms with van der Waals surface area (Å²) >= 11 is 0. The molecule has 2 heterocycles. The number of hydrogen-bond acceptors (Lipinski definition) is 1. The first kappa shape index (κ1) is 11.7. The van der Waals surface area contributed by atoms with Gasteiger partial charge in [0.05, 0.1) is 0 Å². The Labute approximate surface area is 126 Å². The second kappa shape index (κ2) is 3.83. The van der Waals surface area contributed by atoms with E-state index in [1.54, 1.807) is 0 Å². The monoisotopic (exact) mass is 285 g/mol. The fourth-order valence-corrected chi connectivity index (χ4v) is 3.43. The molecule has 4 N–H and O–H groups in total. The summed E-state index contributed by atoms with van der Waals surface area (Å²) in [4.78, 5) is 7.02. The van der Waals surface area contributed by atoms with E-state index in [0.717, 1.165) is 22.2 Å². The number of anilines is 1. The van der Waals surface area contributed by atoms with Crippen molar-refractivity contribution in [2.75, 3.05) is 5.73 Å². The number of H-pyrrole nitrogens is 2. The van der Waals surface area contributed by atoms with Gasteiger partial charge >= 0.3 is 0 Å². The smallest absolute Gasteiger partial charge is 0.0472 e. The molecule has 2 aromatic heterocycles. The maximum absolute atomic E-state index is 5.94. The molecule has 0 bridgehead atoms. The van der Waals surface area contributed by atoms with Crippen molar-refractivity contribution in [1.29, 1.82) is 0 Å². The van der Waals surface area contributed by atoms with Crippen LogP contribution in [0.25, 0.3) is 43.6 Å². The highest BCUT2D eigenvalue weighted by Gasteiger charge is 2.10. The van der Waals surface area contributed by atoms with Crippen LogP contribution in [0.3, 0.4) is 0 Å². The van der Waals surface area contributed by atoms with Crippen LogP contribution in [0.1, 0.15) is 5.56 Å². The van der Waals surface area contributed by atoms with E-state index in [1.807, 2.05) is 18.2 Å². The lowest BCUT2D eigenvalue weighted by Crippen LogP contribution is -1.81. The second-order valence-electron chi connectivity index (χ2n) is 6.05. The molecule has 0 atom stereocenters. The van der Waals surface area contributed by atoms with Gasteiger partial charge in [-0.05, 0) is 49.4 Å². The molecule has 0 unspecified atom stereocenters. The Bertz CT molecular complexity index is 1100. The number of nitrogens with two attached hydrogens (primary N) is 1. The number of aromatic nitrogens is 2. The normalized spacial score (nSPS) is 12.0. The first-order valence-electron chi connectivity index (χ1n) is 7.42. The summed E-state index contributed by atoms with van der Waals surface area (Å²) < 4.78 is 0. The Kier molecular flexibility index (Phi) is 2.03. The van der Waals surface area contributed by atoms with E-state index in [4.69, 9.17) is 5.73 Å². The van der Waals surface area contributed by atoms with Crippen LogP contribution in [-0.4, -0.2) is 9.97 Å². The van der Waals surface area contributed by atoms with Gasteiger partial charge in [-0.25, -0.2) is 0 Å². The van der Waals surface area contributed by atoms with Gasteiger partial charge in [-0.2, -0.15) is 0 Å². The molecular weight excluding hydrogens is 270 g/mol. The Balaban J connectivity index is 1.99. The molecule has 0 fully saturated rings. The van der Waals surface area contributed by atoms with Crippen LogP contribution in [0.15, 0.2) is 48.5 Å². The SMILES string of the molecule is Cc1ccc2[nH]c3cc4c(cc3c2c1)[nH]c1ccc(N)cc14. The molecule has 3 heteroatoms. The van der Waals surface area contributed by atoms with Crippen molar-refractivity contribution in [3.8, 4) is 0 Å². The van der Waals surface area contributed by atoms with E-state index in [1.165, 1.54) is 32.6 Å². The Morgan fingerprint density at radius 1 is 0.636 bits per heavy atom. The standard InChI is InChI=1S/C19H15N3/c1-10-2-4-16-12(6-10)14-8-19-15(9-18(14)21-16)13-7-11(20)3-5-17(13)22-19/h2-9,21-22H,20H2,1H3. The topological polar surface area (TPSA) is 57.6 Å². The Morgan fingerprint density at radius 2 is 1.18 bits per heavy atom. The number of nitrogens with one attached hydrogen (secondary N) is 2. The van der Waals surface area contributed by atoms with E-state index in [0.29, 0.717) is 0 Å². The summed E-state index contributed by atoms with van der Waals surface area (Å²) in [5.41, 5.74) is 12.6. The molecule has 0 aliphatic carbocycles. The van der Waals surface area contributed by atoms with Crippen molar-refractivity contribution >= 4 is 49.3 Å². The lowest BCUT2D eigenvalue weighted by Gasteiger charge is -1.95. The van der Waals surface area contributed by atoms with Crippen molar-refractivity contribution in [2.24, 2.45) is 0 Å². The third-order valence-corrected chi connectivity index (χ3v) is 4.50. The molecule has 22 heavy (non-hydrogen) atoms. The van der Waals surface area contributed by atoms with Crippen LogP contribution >= 0.6 is 0 Å². The third-order valence-electron chi connectivity index (χ3n) is 4.50. The van der Waals surface area contributed by atoms with Crippen molar-refractivity contribution in [2.45, 2.75) is 6.92 Å². The van der Waals surface area contributed by atoms with E-state index >= 15 is 0 Å². The number of nitrogen functional groups attached to an aromatic ring is 1. The highest BCUT2D eigenvalue weighted by Crippen LogP contribution is 2.33. The van der Waals surface area contributed by atoms with Gasteiger partial charge in [-0.15, -0.1) is 0 Å². The zero-order chi connectivity index (χ0) is 14.8. The number of aromatic amines is 2. The van der Waals surface area contributed by atoms with Gasteiger partial charge < -0.3 is 15.7 Å². The van der Waals surface area contributed by atoms with E-state index < -0.39 is 0 Å². The van der Waals surface area contributed by atoms with Crippen molar-refractivity contribution < 1.29 is 0 Å². The van der Waals surface area contributed by atoms with Crippen LogP contribution in [0.2, 0.25) is 0 Å². The van der Waals surface area contributed by atoms with Gasteiger partial charge in [0.1, 0.15) is 0 Å². The minimum atomic E-state index is 0.792. The zero-order valence-electron chi connectivity index (χ0n) is 12.2. The molecule has 106 valence electrons. The van der Waals surface area contributed by atoms with Crippen molar-refractivity contribution in [3.63, 3.8) is 0 Å². The first-order chi connectivity index (χ1) is 10.7. The van der Waals surface area contributed by atoms with E-state index in [9.17, 15) is 0 Å². The molecule has 5 aromatic rings. The van der Waals surface area contributed by atoms with Crippen LogP contribution in [0.5, 0.6) is 0 Å². The van der Waals surface area contributed by atoms with Gasteiger partial charge in [-0.1, -0.05) is 11.6 Å². The van der Waals surface area contributed by atoms with Crippen LogP contribution in [0, 0.1) is 6.92 Å². The Hall–Kier alpha value is -2.94. The maximum atomic E-state index is 5.94. The number of hydrogen-bond donors (Lipinski definition) is 3. The number of aryl methyl sites for hydroxylation is 1. The summed E-state index contributed by atoms with van der Waals surface area (Å²) in [6.07, 6.45) is 0. The zero-order valence-corrected chi connectivity index (χ0v) is 12.2. The summed E-state index contributed by atoms with van der Waals surface area (Å²) in [7, 11) is 0. The molecule has 0 spiro atoms. The average molecular weight is 285 g/mol. The molecule has 0 aliphatic heterocycles. The fraction of sp³-hybridized carbons (Fsp3) is 0.0526. The fourth-order valence-electron chi connectivity index (χ4n) is 3.43. The van der Waals surface area contributed by atoms with Gasteiger partial charge in [0.15, 0.2) is 0 Å². The summed E-state index contributed by atoms with van der Waals surface area (Å²) in [5.74, 6) is 0. The highest BCUT2D eigenvalue weighted by atomic mass is 14.7. The molecule has 3 aromatic carbocycles. The number of fused-ring (bicyclic) bond motifs is 6.